The summed E-state index contributed by atoms with van der Waals surface area (Å²) in [5.41, 5.74) is 0.558. The maximum absolute atomic E-state index is 8.95. The molecule has 0 heterocycles. The number of hydrogen-bond acceptors (Lipinski definition) is 3. The van der Waals surface area contributed by atoms with Crippen LogP contribution in [0.4, 0.5) is 0 Å². The molecule has 1 N–H and O–H groups in total. The zero-order chi connectivity index (χ0) is 9.68. The summed E-state index contributed by atoms with van der Waals surface area (Å²) in [6.07, 6.45) is -0.495. The van der Waals surface area contributed by atoms with Crippen LogP contribution in [0.2, 0.25) is 0 Å². The second kappa shape index (κ2) is 4.48. The van der Waals surface area contributed by atoms with Crippen LogP contribution in [-0.4, -0.2) is 17.8 Å². The van der Waals surface area contributed by atoms with Gasteiger partial charge in [-0.3, -0.25) is 0 Å². The Morgan fingerprint density at radius 1 is 1.62 bits per heavy atom. The van der Waals surface area contributed by atoms with Gasteiger partial charge in [0.1, 0.15) is 12.4 Å². The third-order valence-electron chi connectivity index (χ3n) is 1.45. The Hall–Kier alpha value is -1.53. The van der Waals surface area contributed by atoms with Gasteiger partial charge in [-0.1, -0.05) is 6.07 Å². The van der Waals surface area contributed by atoms with E-state index in [2.05, 4.69) is 0 Å². The Morgan fingerprint density at radius 2 is 2.38 bits per heavy atom. The number of rotatable bonds is 3. The molecule has 1 rings (SSSR count). The SMILES string of the molecule is C[C@H](O)COc1cccc(C#N)c1. The molecule has 0 spiro atoms. The van der Waals surface area contributed by atoms with Gasteiger partial charge in [-0.05, 0) is 25.1 Å². The van der Waals surface area contributed by atoms with Crippen LogP contribution in [0.5, 0.6) is 5.75 Å². The Bertz CT molecular complexity index is 315. The lowest BCUT2D eigenvalue weighted by molar-refractivity contribution is 0.122. The van der Waals surface area contributed by atoms with E-state index in [-0.39, 0.29) is 6.61 Å². The monoisotopic (exact) mass is 177 g/mol. The summed E-state index contributed by atoms with van der Waals surface area (Å²) in [5, 5.41) is 17.5. The second-order valence-corrected chi connectivity index (χ2v) is 2.80. The molecule has 0 radical (unpaired) electrons. The van der Waals surface area contributed by atoms with Gasteiger partial charge in [0.15, 0.2) is 0 Å². The second-order valence-electron chi connectivity index (χ2n) is 2.80. The molecule has 0 aliphatic carbocycles. The van der Waals surface area contributed by atoms with Gasteiger partial charge in [-0.15, -0.1) is 0 Å². The van der Waals surface area contributed by atoms with E-state index in [9.17, 15) is 0 Å². The number of ether oxygens (including phenoxy) is 1. The van der Waals surface area contributed by atoms with E-state index in [1.807, 2.05) is 6.07 Å². The Kier molecular flexibility index (Phi) is 3.30. The largest absolute Gasteiger partial charge is 0.491 e. The maximum atomic E-state index is 8.95. The van der Waals surface area contributed by atoms with Gasteiger partial charge < -0.3 is 9.84 Å². The van der Waals surface area contributed by atoms with Crippen molar-refractivity contribution >= 4 is 0 Å². The van der Waals surface area contributed by atoms with Crippen molar-refractivity contribution in [3.8, 4) is 11.8 Å². The summed E-state index contributed by atoms with van der Waals surface area (Å²) in [6.45, 7) is 1.89. The first-order valence-corrected chi connectivity index (χ1v) is 4.03. The van der Waals surface area contributed by atoms with Gasteiger partial charge in [0.25, 0.3) is 0 Å². The van der Waals surface area contributed by atoms with Crippen LogP contribution < -0.4 is 4.74 Å². The zero-order valence-corrected chi connectivity index (χ0v) is 7.40. The fourth-order valence-corrected chi connectivity index (χ4v) is 0.872. The summed E-state index contributed by atoms with van der Waals surface area (Å²) in [5.74, 6) is 0.611. The predicted molar refractivity (Wildman–Crippen MR) is 48.3 cm³/mol. The van der Waals surface area contributed by atoms with E-state index < -0.39 is 6.10 Å². The van der Waals surface area contributed by atoms with Crippen LogP contribution in [0.15, 0.2) is 24.3 Å². The molecule has 68 valence electrons. The standard InChI is InChI=1S/C10H11NO2/c1-8(12)7-13-10-4-2-3-9(5-10)6-11/h2-5,8,12H,7H2,1H3/t8-/m0/s1. The van der Waals surface area contributed by atoms with Crippen LogP contribution >= 0.6 is 0 Å². The molecule has 0 saturated carbocycles. The molecule has 0 unspecified atom stereocenters. The molecule has 1 aromatic carbocycles. The van der Waals surface area contributed by atoms with Crippen molar-refractivity contribution in [1.29, 1.82) is 5.26 Å². The fraction of sp³-hybridized carbons (Fsp3) is 0.300. The van der Waals surface area contributed by atoms with Gasteiger partial charge in [0.05, 0.1) is 17.7 Å². The number of aliphatic hydroxyl groups excluding tert-OH is 1. The quantitative estimate of drug-likeness (QED) is 0.757. The van der Waals surface area contributed by atoms with Crippen molar-refractivity contribution < 1.29 is 9.84 Å². The third kappa shape index (κ3) is 3.14. The highest BCUT2D eigenvalue weighted by atomic mass is 16.5. The molecule has 0 saturated heterocycles. The summed E-state index contributed by atoms with van der Waals surface area (Å²) >= 11 is 0. The van der Waals surface area contributed by atoms with E-state index in [1.54, 1.807) is 31.2 Å². The summed E-state index contributed by atoms with van der Waals surface area (Å²) in [7, 11) is 0. The van der Waals surface area contributed by atoms with E-state index in [0.717, 1.165) is 0 Å². The zero-order valence-electron chi connectivity index (χ0n) is 7.40. The fourth-order valence-electron chi connectivity index (χ4n) is 0.872. The molecule has 0 amide bonds. The first-order valence-electron chi connectivity index (χ1n) is 4.03. The van der Waals surface area contributed by atoms with Crippen LogP contribution in [0.3, 0.4) is 0 Å². The van der Waals surface area contributed by atoms with E-state index in [4.69, 9.17) is 15.1 Å². The molecule has 3 heteroatoms. The number of benzene rings is 1. The molecular weight excluding hydrogens is 166 g/mol. The summed E-state index contributed by atoms with van der Waals surface area (Å²) in [4.78, 5) is 0. The lowest BCUT2D eigenvalue weighted by Crippen LogP contribution is -2.12. The van der Waals surface area contributed by atoms with E-state index >= 15 is 0 Å². The Balaban J connectivity index is 2.63. The van der Waals surface area contributed by atoms with Crippen LogP contribution in [0.1, 0.15) is 12.5 Å². The maximum Gasteiger partial charge on any atom is 0.120 e. The van der Waals surface area contributed by atoms with Gasteiger partial charge in [0, 0.05) is 0 Å². The number of nitriles is 1. The number of aliphatic hydroxyl groups is 1. The Labute approximate surface area is 77.2 Å². The minimum Gasteiger partial charge on any atom is -0.491 e. The molecule has 1 atom stereocenters. The normalized spacial score (nSPS) is 11.8. The lowest BCUT2D eigenvalue weighted by atomic mass is 10.2. The van der Waals surface area contributed by atoms with E-state index in [0.29, 0.717) is 11.3 Å². The van der Waals surface area contributed by atoms with Crippen molar-refractivity contribution in [2.75, 3.05) is 6.61 Å². The number of hydrogen-bond donors (Lipinski definition) is 1. The summed E-state index contributed by atoms with van der Waals surface area (Å²) < 4.78 is 5.21. The first kappa shape index (κ1) is 9.56. The molecule has 1 aromatic rings. The van der Waals surface area contributed by atoms with Gasteiger partial charge >= 0.3 is 0 Å². The molecule has 0 aliphatic heterocycles. The van der Waals surface area contributed by atoms with Crippen molar-refractivity contribution in [2.45, 2.75) is 13.0 Å². The van der Waals surface area contributed by atoms with Crippen molar-refractivity contribution in [3.63, 3.8) is 0 Å². The van der Waals surface area contributed by atoms with Gasteiger partial charge in [-0.25, -0.2) is 0 Å². The van der Waals surface area contributed by atoms with Crippen LogP contribution in [-0.2, 0) is 0 Å². The van der Waals surface area contributed by atoms with Gasteiger partial charge in [0.2, 0.25) is 0 Å². The van der Waals surface area contributed by atoms with Crippen LogP contribution in [0, 0.1) is 11.3 Å². The topological polar surface area (TPSA) is 53.2 Å². The molecular formula is C10H11NO2. The van der Waals surface area contributed by atoms with E-state index in [1.165, 1.54) is 0 Å². The third-order valence-corrected chi connectivity index (χ3v) is 1.45. The predicted octanol–water partition coefficient (Wildman–Crippen LogP) is 1.32. The molecule has 0 bridgehead atoms. The molecule has 3 nitrogen and oxygen atoms in total. The summed E-state index contributed by atoms with van der Waals surface area (Å²) in [6, 6.07) is 8.86. The molecule has 0 fully saturated rings. The highest BCUT2D eigenvalue weighted by Crippen LogP contribution is 2.12. The Morgan fingerprint density at radius 3 is 3.00 bits per heavy atom. The van der Waals surface area contributed by atoms with Crippen molar-refractivity contribution in [2.24, 2.45) is 0 Å². The van der Waals surface area contributed by atoms with Crippen LogP contribution in [0.25, 0.3) is 0 Å². The molecule has 0 aliphatic rings. The van der Waals surface area contributed by atoms with Crippen molar-refractivity contribution in [1.82, 2.24) is 0 Å². The molecule has 13 heavy (non-hydrogen) atoms. The molecule has 0 aromatic heterocycles. The highest BCUT2D eigenvalue weighted by Gasteiger charge is 1.98. The number of nitrogens with zero attached hydrogens (tertiary/aromatic N) is 1. The average Bonchev–Trinajstić information content (AvgIpc) is 2.15. The lowest BCUT2D eigenvalue weighted by Gasteiger charge is -2.07. The van der Waals surface area contributed by atoms with Gasteiger partial charge in [-0.2, -0.15) is 5.26 Å². The van der Waals surface area contributed by atoms with Crippen molar-refractivity contribution in [3.05, 3.63) is 29.8 Å². The minimum atomic E-state index is -0.495. The first-order chi connectivity index (χ1) is 6.22. The smallest absolute Gasteiger partial charge is 0.120 e. The highest BCUT2D eigenvalue weighted by molar-refractivity contribution is 5.36. The average molecular weight is 177 g/mol. The minimum absolute atomic E-state index is 0.245.